The van der Waals surface area contributed by atoms with Gasteiger partial charge in [-0.05, 0) is 47.0 Å². The van der Waals surface area contributed by atoms with Gasteiger partial charge in [-0.25, -0.2) is 0 Å². The largest absolute Gasteiger partial charge is 0.365 e. The normalized spacial score (nSPS) is 14.1. The van der Waals surface area contributed by atoms with E-state index in [1.165, 1.54) is 12.1 Å². The van der Waals surface area contributed by atoms with Crippen LogP contribution in [0.15, 0.2) is 73.1 Å². The maximum atomic E-state index is 11.0. The Balaban J connectivity index is 0.00000400. The molecule has 0 saturated carbocycles. The fourth-order valence-electron chi connectivity index (χ4n) is 3.86. The topological polar surface area (TPSA) is 82.6 Å². The number of nitro groups is 1. The van der Waals surface area contributed by atoms with Gasteiger partial charge in [0, 0.05) is 46.1 Å². The third kappa shape index (κ3) is 7.32. The van der Waals surface area contributed by atoms with Crippen LogP contribution in [-0.2, 0) is 17.9 Å². The molecule has 0 saturated heterocycles. The maximum Gasteiger partial charge on any atom is 0.270 e. The van der Waals surface area contributed by atoms with E-state index < -0.39 is 16.5 Å². The number of nitro benzene ring substituents is 1. The molecule has 1 aliphatic heterocycles. The minimum atomic E-state index is -0.596. The smallest absolute Gasteiger partial charge is 0.270 e. The summed E-state index contributed by atoms with van der Waals surface area (Å²) < 4.78 is 6.27. The monoisotopic (exact) mass is 656 g/mol. The van der Waals surface area contributed by atoms with E-state index in [-0.39, 0.29) is 34.8 Å². The zero-order chi connectivity index (χ0) is 26.5. The molecule has 198 valence electrons. The Morgan fingerprint density at radius 3 is 2.34 bits per heavy atom. The second-order valence-electron chi connectivity index (χ2n) is 8.30. The number of alkyl halides is 1. The zero-order valence-electron chi connectivity index (χ0n) is 19.6. The van der Waals surface area contributed by atoms with E-state index in [0.29, 0.717) is 33.8 Å². The Kier molecular flexibility index (Phi) is 10.7. The fraction of sp³-hybridized carbons (Fsp3) is 0.192. The van der Waals surface area contributed by atoms with Crippen LogP contribution >= 0.6 is 63.4 Å². The third-order valence-electron chi connectivity index (χ3n) is 5.81. The van der Waals surface area contributed by atoms with Gasteiger partial charge in [0.2, 0.25) is 0 Å². The molecule has 7 nitrogen and oxygen atoms in total. The Morgan fingerprint density at radius 1 is 1.00 bits per heavy atom. The van der Waals surface area contributed by atoms with E-state index in [4.69, 9.17) is 51.1 Å². The van der Waals surface area contributed by atoms with Crippen molar-refractivity contribution < 1.29 is 9.66 Å². The number of nitrogens with zero attached hydrogens (tertiary/aromatic N) is 4. The first-order valence-electron chi connectivity index (χ1n) is 11.1. The molecule has 0 spiro atoms. The Morgan fingerprint density at radius 2 is 1.68 bits per heavy atom. The van der Waals surface area contributed by atoms with Gasteiger partial charge in [0.05, 0.1) is 29.8 Å². The van der Waals surface area contributed by atoms with Gasteiger partial charge in [-0.1, -0.05) is 64.6 Å². The number of hydrogen-bond acceptors (Lipinski definition) is 6. The van der Waals surface area contributed by atoms with Crippen LogP contribution in [0.2, 0.25) is 15.1 Å². The molecule has 38 heavy (non-hydrogen) atoms. The molecule has 1 heterocycles. The summed E-state index contributed by atoms with van der Waals surface area (Å²) in [4.78, 5) is 14.4. The lowest BCUT2D eigenvalue weighted by Gasteiger charge is -2.32. The van der Waals surface area contributed by atoms with Crippen molar-refractivity contribution in [2.45, 2.75) is 24.8 Å². The van der Waals surface area contributed by atoms with E-state index >= 15 is 0 Å². The molecule has 0 radical (unpaired) electrons. The molecule has 0 aromatic heterocycles. The number of rotatable bonds is 9. The molecule has 3 aromatic rings. The average molecular weight is 659 g/mol. The van der Waals surface area contributed by atoms with Crippen molar-refractivity contribution >= 4 is 69.1 Å². The van der Waals surface area contributed by atoms with E-state index in [1.807, 2.05) is 40.4 Å². The van der Waals surface area contributed by atoms with Crippen LogP contribution in [0, 0.1) is 21.4 Å². The number of nitriles is 1. The van der Waals surface area contributed by atoms with Crippen LogP contribution in [0.4, 0.5) is 5.69 Å². The van der Waals surface area contributed by atoms with Crippen molar-refractivity contribution in [2.75, 3.05) is 6.67 Å². The molecule has 0 fully saturated rings. The first-order valence-corrected chi connectivity index (χ1v) is 12.6. The molecule has 0 aliphatic carbocycles. The van der Waals surface area contributed by atoms with Gasteiger partial charge < -0.3 is 14.5 Å². The van der Waals surface area contributed by atoms with Gasteiger partial charge in [-0.2, -0.15) is 5.26 Å². The lowest BCUT2D eigenvalue weighted by molar-refractivity contribution is -0.384. The standard InChI is InChI=1S/C26H20Cl4N4O3.BrH/c27-21-5-1-17(2-6-21)25(37-15-19-3-7-22(28)12-24(19)29)26(30)33-10-9-32(16-33)14-18-4-8-23(34(35)36)11-20(18)13-31;/h1-12,25-26H,14-16H2;1H. The van der Waals surface area contributed by atoms with Gasteiger partial charge in [0.1, 0.15) is 11.6 Å². The van der Waals surface area contributed by atoms with Crippen LogP contribution in [0.25, 0.3) is 0 Å². The summed E-state index contributed by atoms with van der Waals surface area (Å²) in [5.74, 6) is 0. The lowest BCUT2D eigenvalue weighted by atomic mass is 10.1. The number of halogens is 5. The zero-order valence-corrected chi connectivity index (χ0v) is 24.4. The maximum absolute atomic E-state index is 11.0. The first-order chi connectivity index (χ1) is 17.7. The quantitative estimate of drug-likeness (QED) is 0.100. The predicted molar refractivity (Wildman–Crippen MR) is 155 cm³/mol. The second-order valence-corrected chi connectivity index (χ2v) is 10.0. The van der Waals surface area contributed by atoms with Crippen molar-refractivity contribution in [3.05, 3.63) is 120 Å². The van der Waals surface area contributed by atoms with E-state index in [9.17, 15) is 15.4 Å². The Labute approximate surface area is 250 Å². The van der Waals surface area contributed by atoms with Crippen LogP contribution < -0.4 is 0 Å². The first kappa shape index (κ1) is 30.0. The van der Waals surface area contributed by atoms with Gasteiger partial charge in [0.25, 0.3) is 5.69 Å². The summed E-state index contributed by atoms with van der Waals surface area (Å²) in [6.45, 7) is 1.01. The summed E-state index contributed by atoms with van der Waals surface area (Å²) in [5, 5.41) is 22.1. The molecular formula is C26H21BrCl4N4O3. The van der Waals surface area contributed by atoms with Gasteiger partial charge in [0.15, 0.2) is 0 Å². The van der Waals surface area contributed by atoms with Crippen molar-refractivity contribution in [3.63, 3.8) is 0 Å². The van der Waals surface area contributed by atoms with E-state index in [2.05, 4.69) is 0 Å². The van der Waals surface area contributed by atoms with Crippen LogP contribution in [0.1, 0.15) is 28.4 Å². The SMILES string of the molecule is Br.N#Cc1cc([N+](=O)[O-])ccc1CN1C=CN(C(Cl)C(OCc2ccc(Cl)cc2Cl)c2ccc(Cl)cc2)C1. The van der Waals surface area contributed by atoms with Crippen molar-refractivity contribution in [1.29, 1.82) is 5.26 Å². The molecule has 2 unspecified atom stereocenters. The van der Waals surface area contributed by atoms with Gasteiger partial charge in [-0.15, -0.1) is 17.0 Å². The molecule has 1 aliphatic rings. The molecule has 4 rings (SSSR count). The predicted octanol–water partition coefficient (Wildman–Crippen LogP) is 8.07. The highest BCUT2D eigenvalue weighted by molar-refractivity contribution is 8.93. The van der Waals surface area contributed by atoms with Crippen molar-refractivity contribution in [1.82, 2.24) is 9.80 Å². The molecule has 2 atom stereocenters. The summed E-state index contributed by atoms with van der Waals surface area (Å²) >= 11 is 25.4. The lowest BCUT2D eigenvalue weighted by Crippen LogP contribution is -2.35. The summed E-state index contributed by atoms with van der Waals surface area (Å²) in [5.41, 5.74) is 1.82. The molecule has 12 heteroatoms. The third-order valence-corrected chi connectivity index (χ3v) is 7.13. The van der Waals surface area contributed by atoms with E-state index in [0.717, 1.165) is 11.1 Å². The minimum Gasteiger partial charge on any atom is -0.365 e. The molecule has 0 amide bonds. The number of benzene rings is 3. The highest BCUT2D eigenvalue weighted by Gasteiger charge is 2.30. The van der Waals surface area contributed by atoms with Crippen LogP contribution in [-0.4, -0.2) is 26.9 Å². The van der Waals surface area contributed by atoms with Crippen molar-refractivity contribution in [3.8, 4) is 6.07 Å². The van der Waals surface area contributed by atoms with Gasteiger partial charge in [-0.3, -0.25) is 10.1 Å². The van der Waals surface area contributed by atoms with Gasteiger partial charge >= 0.3 is 0 Å². The molecule has 3 aromatic carbocycles. The Hall–Kier alpha value is -2.51. The molecule has 0 N–H and O–H groups in total. The van der Waals surface area contributed by atoms with Crippen molar-refractivity contribution in [2.24, 2.45) is 0 Å². The number of non-ortho nitro benzene ring substituents is 1. The summed E-state index contributed by atoms with van der Waals surface area (Å²) in [6, 6.07) is 18.8. The van der Waals surface area contributed by atoms with E-state index in [1.54, 1.807) is 36.4 Å². The number of ether oxygens (including phenoxy) is 1. The highest BCUT2D eigenvalue weighted by atomic mass is 79.9. The fourth-order valence-corrected chi connectivity index (χ4v) is 4.80. The second kappa shape index (κ2) is 13.5. The Bertz CT molecular complexity index is 1370. The van der Waals surface area contributed by atoms with Crippen LogP contribution in [0.5, 0.6) is 0 Å². The average Bonchev–Trinajstić information content (AvgIpc) is 3.34. The minimum absolute atomic E-state index is 0. The van der Waals surface area contributed by atoms with Crippen LogP contribution in [0.3, 0.4) is 0 Å². The molecular weight excluding hydrogens is 638 g/mol. The highest BCUT2D eigenvalue weighted by Crippen LogP contribution is 2.33. The summed E-state index contributed by atoms with van der Waals surface area (Å²) in [7, 11) is 0. The number of hydrogen-bond donors (Lipinski definition) is 0. The summed E-state index contributed by atoms with van der Waals surface area (Å²) in [6.07, 6.45) is 3.16. The molecule has 0 bridgehead atoms.